The van der Waals surface area contributed by atoms with E-state index < -0.39 is 0 Å². The first-order valence-electron chi connectivity index (χ1n) is 10.9. The van der Waals surface area contributed by atoms with Crippen LogP contribution in [0, 0.1) is 6.92 Å². The van der Waals surface area contributed by atoms with E-state index in [0.717, 1.165) is 17.6 Å². The molecule has 1 unspecified atom stereocenters. The van der Waals surface area contributed by atoms with E-state index in [1.165, 1.54) is 38.2 Å². The molecule has 0 fully saturated rings. The number of rotatable bonds is 1. The second-order valence-electron chi connectivity index (χ2n) is 8.27. The summed E-state index contributed by atoms with van der Waals surface area (Å²) in [5, 5.41) is 5.11. The molecule has 0 radical (unpaired) electrons. The van der Waals surface area contributed by atoms with Gasteiger partial charge in [0.2, 0.25) is 0 Å². The molecule has 0 aliphatic heterocycles. The van der Waals surface area contributed by atoms with E-state index in [2.05, 4.69) is 105 Å². The number of aryl methyl sites for hydroxylation is 1. The molecule has 0 N–H and O–H groups in total. The third-order valence-corrected chi connectivity index (χ3v) is 6.13. The molecule has 1 nitrogen and oxygen atoms in total. The van der Waals surface area contributed by atoms with Gasteiger partial charge in [-0.2, -0.15) is 0 Å². The third-order valence-electron chi connectivity index (χ3n) is 6.13. The van der Waals surface area contributed by atoms with E-state index in [-0.39, 0.29) is 0 Å². The van der Waals surface area contributed by atoms with Crippen molar-refractivity contribution in [3.8, 4) is 0 Å². The molecule has 0 bridgehead atoms. The van der Waals surface area contributed by atoms with Gasteiger partial charge in [0.15, 0.2) is 0 Å². The summed E-state index contributed by atoms with van der Waals surface area (Å²) >= 11 is 0. The van der Waals surface area contributed by atoms with Crippen molar-refractivity contribution >= 4 is 32.7 Å². The summed E-state index contributed by atoms with van der Waals surface area (Å²) in [5.41, 5.74) is 6.00. The number of allylic oxidation sites excluding steroid dienone is 4. The van der Waals surface area contributed by atoms with Crippen molar-refractivity contribution in [1.82, 2.24) is 0 Å². The zero-order valence-electron chi connectivity index (χ0n) is 18.0. The highest BCUT2D eigenvalue weighted by atomic mass is 16.3. The van der Waals surface area contributed by atoms with Crippen molar-refractivity contribution in [2.45, 2.75) is 26.2 Å². The molecular weight excluding hydrogens is 376 g/mol. The Kier molecular flexibility index (Phi) is 5.18. The topological polar surface area (TPSA) is 13.1 Å². The number of benzene rings is 4. The van der Waals surface area contributed by atoms with E-state index in [9.17, 15) is 0 Å². The molecular formula is C30H26O. The highest BCUT2D eigenvalue weighted by Crippen LogP contribution is 2.36. The molecule has 1 aromatic heterocycles. The molecule has 5 aromatic rings. The van der Waals surface area contributed by atoms with Crippen LogP contribution in [-0.2, 0) is 0 Å². The smallest absolute Gasteiger partial charge is 0.139 e. The number of hydrogen-bond donors (Lipinski definition) is 0. The van der Waals surface area contributed by atoms with Gasteiger partial charge < -0.3 is 4.42 Å². The molecule has 6 rings (SSSR count). The van der Waals surface area contributed by atoms with Crippen molar-refractivity contribution in [2.75, 3.05) is 0 Å². The Morgan fingerprint density at radius 3 is 2.23 bits per heavy atom. The molecule has 152 valence electrons. The number of fused-ring (bicyclic) bond motifs is 4. The van der Waals surface area contributed by atoms with E-state index >= 15 is 0 Å². The summed E-state index contributed by atoms with van der Waals surface area (Å²) in [4.78, 5) is 0. The Balaban J connectivity index is 0.000000157. The lowest BCUT2D eigenvalue weighted by molar-refractivity contribution is 0.657. The molecule has 0 spiro atoms. The van der Waals surface area contributed by atoms with Crippen molar-refractivity contribution in [1.29, 1.82) is 0 Å². The minimum Gasteiger partial charge on any atom is -0.456 e. The minimum absolute atomic E-state index is 0.419. The predicted octanol–water partition coefficient (Wildman–Crippen LogP) is 8.72. The molecule has 1 heteroatoms. The van der Waals surface area contributed by atoms with Crippen LogP contribution in [0.3, 0.4) is 0 Å². The van der Waals surface area contributed by atoms with Gasteiger partial charge in [-0.3, -0.25) is 0 Å². The lowest BCUT2D eigenvalue weighted by Gasteiger charge is -2.15. The summed E-state index contributed by atoms with van der Waals surface area (Å²) in [6, 6.07) is 29.6. The lowest BCUT2D eigenvalue weighted by atomic mass is 9.89. The summed E-state index contributed by atoms with van der Waals surface area (Å²) in [5.74, 6) is 0.419. The molecule has 0 amide bonds. The first-order chi connectivity index (χ1) is 15.2. The Bertz CT molecular complexity index is 1430. The zero-order valence-corrected chi connectivity index (χ0v) is 18.0. The number of hydrogen-bond acceptors (Lipinski definition) is 1. The van der Waals surface area contributed by atoms with E-state index in [1.807, 2.05) is 12.1 Å². The zero-order chi connectivity index (χ0) is 21.2. The fourth-order valence-electron chi connectivity index (χ4n) is 4.41. The highest BCUT2D eigenvalue weighted by molar-refractivity contribution is 6.06. The second kappa shape index (κ2) is 8.28. The minimum atomic E-state index is 0.419. The Hall–Kier alpha value is -3.58. The van der Waals surface area contributed by atoms with Crippen LogP contribution in [0.2, 0.25) is 0 Å². The Labute approximate surface area is 183 Å². The van der Waals surface area contributed by atoms with Crippen LogP contribution >= 0.6 is 0 Å². The van der Waals surface area contributed by atoms with Crippen LogP contribution in [0.4, 0.5) is 0 Å². The summed E-state index contributed by atoms with van der Waals surface area (Å²) in [6.07, 6.45) is 7.84. The van der Waals surface area contributed by atoms with Crippen LogP contribution < -0.4 is 0 Å². The van der Waals surface area contributed by atoms with Crippen molar-refractivity contribution in [3.05, 3.63) is 120 Å². The average molecular weight is 403 g/mol. The number of para-hydroxylation sites is 2. The fourth-order valence-corrected chi connectivity index (χ4v) is 4.41. The van der Waals surface area contributed by atoms with Gasteiger partial charge in [0.1, 0.15) is 11.2 Å². The van der Waals surface area contributed by atoms with Gasteiger partial charge >= 0.3 is 0 Å². The van der Waals surface area contributed by atoms with Crippen LogP contribution in [0.25, 0.3) is 32.7 Å². The van der Waals surface area contributed by atoms with Crippen molar-refractivity contribution < 1.29 is 4.42 Å². The van der Waals surface area contributed by atoms with Crippen molar-refractivity contribution in [3.63, 3.8) is 0 Å². The van der Waals surface area contributed by atoms with E-state index in [4.69, 9.17) is 4.42 Å². The molecule has 1 aliphatic rings. The Morgan fingerprint density at radius 2 is 1.42 bits per heavy atom. The maximum Gasteiger partial charge on any atom is 0.139 e. The van der Waals surface area contributed by atoms with E-state index in [1.54, 1.807) is 0 Å². The molecule has 4 aromatic carbocycles. The third kappa shape index (κ3) is 3.80. The second-order valence-corrected chi connectivity index (χ2v) is 8.27. The lowest BCUT2D eigenvalue weighted by Crippen LogP contribution is -1.98. The predicted molar refractivity (Wildman–Crippen MR) is 133 cm³/mol. The molecule has 1 aliphatic carbocycles. The van der Waals surface area contributed by atoms with Crippen LogP contribution in [0.5, 0.6) is 0 Å². The first-order valence-corrected chi connectivity index (χ1v) is 10.9. The van der Waals surface area contributed by atoms with Gasteiger partial charge in [0.05, 0.1) is 0 Å². The monoisotopic (exact) mass is 402 g/mol. The number of furan rings is 1. The van der Waals surface area contributed by atoms with Crippen LogP contribution in [0.15, 0.2) is 113 Å². The largest absolute Gasteiger partial charge is 0.456 e. The van der Waals surface area contributed by atoms with Crippen molar-refractivity contribution in [2.24, 2.45) is 0 Å². The van der Waals surface area contributed by atoms with Gasteiger partial charge in [-0.1, -0.05) is 103 Å². The average Bonchev–Trinajstić information content (AvgIpc) is 3.19. The molecule has 31 heavy (non-hydrogen) atoms. The molecule has 0 saturated carbocycles. The highest BCUT2D eigenvalue weighted by Gasteiger charge is 2.17. The first kappa shape index (κ1) is 19.4. The van der Waals surface area contributed by atoms with Gasteiger partial charge in [-0.15, -0.1) is 0 Å². The summed E-state index contributed by atoms with van der Waals surface area (Å²) < 4.78 is 6.11. The molecule has 0 saturated heterocycles. The summed E-state index contributed by atoms with van der Waals surface area (Å²) in [7, 11) is 0. The van der Waals surface area contributed by atoms with Gasteiger partial charge in [-0.05, 0) is 42.7 Å². The van der Waals surface area contributed by atoms with Crippen LogP contribution in [0.1, 0.15) is 30.4 Å². The quantitative estimate of drug-likeness (QED) is 0.273. The summed E-state index contributed by atoms with van der Waals surface area (Å²) in [6.45, 7) is 4.29. The van der Waals surface area contributed by atoms with Gasteiger partial charge in [-0.25, -0.2) is 0 Å². The molecule has 1 atom stereocenters. The van der Waals surface area contributed by atoms with Crippen LogP contribution in [-0.4, -0.2) is 0 Å². The maximum absolute atomic E-state index is 6.11. The van der Waals surface area contributed by atoms with Gasteiger partial charge in [0, 0.05) is 22.3 Å². The van der Waals surface area contributed by atoms with Gasteiger partial charge in [0.25, 0.3) is 0 Å². The molecule has 1 heterocycles. The van der Waals surface area contributed by atoms with E-state index in [0.29, 0.717) is 5.92 Å². The SMILES string of the molecule is CC1=CCC(c2cccc3c2oc2ccccc23)C=C1.Cc1cccc2ccccc12. The maximum atomic E-state index is 6.11. The standard InChI is InChI=1S/C19H16O.C11H10/c1-13-9-11-14(12-10-13)15-6-4-7-17-16-5-2-3-8-18(16)20-19(15)17;1-9-5-4-7-10-6-2-3-8-11(9)10/h2-11,14H,12H2,1H3;2-8H,1H3. The normalized spacial score (nSPS) is 15.7. The fraction of sp³-hybridized carbons (Fsp3) is 0.133. The Morgan fingerprint density at radius 1 is 0.710 bits per heavy atom.